The first-order valence-electron chi connectivity index (χ1n) is 10.7. The fraction of sp³-hybridized carbons (Fsp3) is 0.360. The van der Waals surface area contributed by atoms with Gasteiger partial charge in [0.25, 0.3) is 0 Å². The molecule has 6 heteroatoms. The quantitative estimate of drug-likeness (QED) is 0.608. The third-order valence-corrected chi connectivity index (χ3v) is 5.85. The van der Waals surface area contributed by atoms with Crippen LogP contribution in [0, 0.1) is 6.92 Å². The summed E-state index contributed by atoms with van der Waals surface area (Å²) in [6.07, 6.45) is -0.593. The standard InChI is InChI=1S/C25H30N2O4/c1-18-15-23(29)20-7-3-4-8-21(20)25(18)31-17-19(28)16-26-11-13-27(14-12-26)22-9-5-6-10-24(22)30-2/h3-10,15,19,28-29H,11-14,16-17H2,1-2H3. The molecule has 0 spiro atoms. The lowest BCUT2D eigenvalue weighted by Gasteiger charge is -2.37. The highest BCUT2D eigenvalue weighted by atomic mass is 16.5. The van der Waals surface area contributed by atoms with Gasteiger partial charge in [-0.05, 0) is 30.7 Å². The number of aliphatic hydroxyl groups excluding tert-OH is 1. The van der Waals surface area contributed by atoms with Crippen molar-refractivity contribution in [1.82, 2.24) is 4.90 Å². The van der Waals surface area contributed by atoms with E-state index in [-0.39, 0.29) is 12.4 Å². The number of aryl methyl sites for hydroxylation is 1. The van der Waals surface area contributed by atoms with E-state index < -0.39 is 6.10 Å². The van der Waals surface area contributed by atoms with Crippen molar-refractivity contribution >= 4 is 16.5 Å². The van der Waals surface area contributed by atoms with Gasteiger partial charge in [-0.3, -0.25) is 4.90 Å². The van der Waals surface area contributed by atoms with Gasteiger partial charge in [0, 0.05) is 43.5 Å². The summed E-state index contributed by atoms with van der Waals surface area (Å²) in [6, 6.07) is 17.4. The lowest BCUT2D eigenvalue weighted by molar-refractivity contribution is 0.0666. The van der Waals surface area contributed by atoms with Gasteiger partial charge < -0.3 is 24.6 Å². The number of nitrogens with zero attached hydrogens (tertiary/aromatic N) is 2. The predicted molar refractivity (Wildman–Crippen MR) is 123 cm³/mol. The lowest BCUT2D eigenvalue weighted by atomic mass is 10.0. The number of ether oxygens (including phenoxy) is 2. The number of hydrogen-bond acceptors (Lipinski definition) is 6. The Hall–Kier alpha value is -2.96. The van der Waals surface area contributed by atoms with Crippen molar-refractivity contribution in [2.24, 2.45) is 0 Å². The molecule has 2 N–H and O–H groups in total. The number of anilines is 1. The Balaban J connectivity index is 1.33. The molecular formula is C25H30N2O4. The Morgan fingerprint density at radius 1 is 0.968 bits per heavy atom. The fourth-order valence-electron chi connectivity index (χ4n) is 4.25. The highest BCUT2D eigenvalue weighted by Gasteiger charge is 2.22. The van der Waals surface area contributed by atoms with Gasteiger partial charge in [0.1, 0.15) is 30.0 Å². The van der Waals surface area contributed by atoms with E-state index in [4.69, 9.17) is 9.47 Å². The minimum absolute atomic E-state index is 0.211. The fourth-order valence-corrected chi connectivity index (χ4v) is 4.25. The number of methoxy groups -OCH3 is 1. The average Bonchev–Trinajstić information content (AvgIpc) is 2.79. The molecule has 1 atom stereocenters. The van der Waals surface area contributed by atoms with Gasteiger partial charge in [0.05, 0.1) is 12.8 Å². The van der Waals surface area contributed by atoms with E-state index in [9.17, 15) is 10.2 Å². The summed E-state index contributed by atoms with van der Waals surface area (Å²) in [5.74, 6) is 1.85. The summed E-state index contributed by atoms with van der Waals surface area (Å²) in [6.45, 7) is 6.19. The maximum atomic E-state index is 10.6. The van der Waals surface area contributed by atoms with E-state index in [2.05, 4.69) is 15.9 Å². The number of aliphatic hydroxyl groups is 1. The minimum Gasteiger partial charge on any atom is -0.507 e. The second-order valence-corrected chi connectivity index (χ2v) is 8.01. The lowest BCUT2D eigenvalue weighted by Crippen LogP contribution is -2.49. The van der Waals surface area contributed by atoms with Crippen LogP contribution in [0.25, 0.3) is 10.8 Å². The monoisotopic (exact) mass is 422 g/mol. The van der Waals surface area contributed by atoms with Crippen LogP contribution >= 0.6 is 0 Å². The van der Waals surface area contributed by atoms with Crippen LogP contribution in [0.1, 0.15) is 5.56 Å². The summed E-state index contributed by atoms with van der Waals surface area (Å²) in [4.78, 5) is 4.59. The largest absolute Gasteiger partial charge is 0.507 e. The summed E-state index contributed by atoms with van der Waals surface area (Å²) in [7, 11) is 1.70. The average molecular weight is 423 g/mol. The highest BCUT2D eigenvalue weighted by molar-refractivity contribution is 5.94. The minimum atomic E-state index is -0.593. The van der Waals surface area contributed by atoms with Crippen molar-refractivity contribution in [3.63, 3.8) is 0 Å². The van der Waals surface area contributed by atoms with Crippen molar-refractivity contribution in [1.29, 1.82) is 0 Å². The predicted octanol–water partition coefficient (Wildman–Crippen LogP) is 3.42. The Labute approximate surface area is 183 Å². The molecule has 164 valence electrons. The molecule has 4 rings (SSSR count). The van der Waals surface area contributed by atoms with E-state index in [1.54, 1.807) is 13.2 Å². The first-order chi connectivity index (χ1) is 15.1. The molecule has 1 saturated heterocycles. The Kier molecular flexibility index (Phi) is 6.49. The van der Waals surface area contributed by atoms with Crippen molar-refractivity contribution in [3.8, 4) is 17.2 Å². The molecule has 0 amide bonds. The molecular weight excluding hydrogens is 392 g/mol. The number of para-hydroxylation sites is 2. The third-order valence-electron chi connectivity index (χ3n) is 5.85. The second-order valence-electron chi connectivity index (χ2n) is 8.01. The first kappa shape index (κ1) is 21.3. The number of rotatable bonds is 7. The van der Waals surface area contributed by atoms with Gasteiger partial charge >= 0.3 is 0 Å². The van der Waals surface area contributed by atoms with Gasteiger partial charge in [0.2, 0.25) is 0 Å². The van der Waals surface area contributed by atoms with Gasteiger partial charge in [-0.25, -0.2) is 0 Å². The zero-order chi connectivity index (χ0) is 21.8. The van der Waals surface area contributed by atoms with Gasteiger partial charge in [-0.1, -0.05) is 36.4 Å². The Morgan fingerprint density at radius 3 is 2.39 bits per heavy atom. The van der Waals surface area contributed by atoms with E-state index in [1.807, 2.05) is 49.4 Å². The number of aromatic hydroxyl groups is 1. The number of piperazine rings is 1. The van der Waals surface area contributed by atoms with Gasteiger partial charge in [-0.15, -0.1) is 0 Å². The molecule has 1 heterocycles. The van der Waals surface area contributed by atoms with E-state index in [1.165, 1.54) is 0 Å². The molecule has 1 fully saturated rings. The zero-order valence-corrected chi connectivity index (χ0v) is 18.1. The van der Waals surface area contributed by atoms with E-state index in [0.717, 1.165) is 54.0 Å². The molecule has 31 heavy (non-hydrogen) atoms. The number of β-amino-alcohol motifs (C(OH)–C–C–N with tert-alkyl or cyclic N) is 1. The van der Waals surface area contributed by atoms with E-state index >= 15 is 0 Å². The molecule has 6 nitrogen and oxygen atoms in total. The van der Waals surface area contributed by atoms with Gasteiger partial charge in [-0.2, -0.15) is 0 Å². The van der Waals surface area contributed by atoms with Crippen molar-refractivity contribution in [2.75, 3.05) is 51.3 Å². The summed E-state index contributed by atoms with van der Waals surface area (Å²) >= 11 is 0. The van der Waals surface area contributed by atoms with E-state index in [0.29, 0.717) is 12.3 Å². The molecule has 0 radical (unpaired) electrons. The SMILES string of the molecule is COc1ccccc1N1CCN(CC(O)COc2c(C)cc(O)c3ccccc23)CC1. The number of fused-ring (bicyclic) bond motifs is 1. The van der Waals surface area contributed by atoms with Crippen LogP contribution in [-0.4, -0.2) is 67.7 Å². The first-order valence-corrected chi connectivity index (χ1v) is 10.7. The van der Waals surface area contributed by atoms with Crippen molar-refractivity contribution in [3.05, 3.63) is 60.2 Å². The molecule has 0 aromatic heterocycles. The topological polar surface area (TPSA) is 65.4 Å². The summed E-state index contributed by atoms with van der Waals surface area (Å²) in [5, 5.41) is 22.4. The summed E-state index contributed by atoms with van der Waals surface area (Å²) in [5.41, 5.74) is 1.97. The van der Waals surface area contributed by atoms with Crippen molar-refractivity contribution < 1.29 is 19.7 Å². The van der Waals surface area contributed by atoms with Crippen LogP contribution < -0.4 is 14.4 Å². The zero-order valence-electron chi connectivity index (χ0n) is 18.1. The van der Waals surface area contributed by atoms with Crippen LogP contribution in [0.4, 0.5) is 5.69 Å². The molecule has 1 aliphatic rings. The normalized spacial score (nSPS) is 15.8. The summed E-state index contributed by atoms with van der Waals surface area (Å²) < 4.78 is 11.5. The third kappa shape index (κ3) is 4.70. The molecule has 0 aliphatic carbocycles. The van der Waals surface area contributed by atoms with Crippen LogP contribution in [0.15, 0.2) is 54.6 Å². The Bertz CT molecular complexity index is 1030. The van der Waals surface area contributed by atoms with Crippen LogP contribution in [0.3, 0.4) is 0 Å². The van der Waals surface area contributed by atoms with Crippen LogP contribution in [0.2, 0.25) is 0 Å². The highest BCUT2D eigenvalue weighted by Crippen LogP contribution is 2.35. The molecule has 3 aromatic rings. The molecule has 0 saturated carbocycles. The number of benzene rings is 3. The molecule has 3 aromatic carbocycles. The van der Waals surface area contributed by atoms with Gasteiger partial charge in [0.15, 0.2) is 0 Å². The van der Waals surface area contributed by atoms with Crippen molar-refractivity contribution in [2.45, 2.75) is 13.0 Å². The smallest absolute Gasteiger partial charge is 0.142 e. The molecule has 0 bridgehead atoms. The Morgan fingerprint density at radius 2 is 1.65 bits per heavy atom. The molecule has 1 unspecified atom stereocenters. The number of phenols is 1. The number of hydrogen-bond donors (Lipinski definition) is 2. The number of phenolic OH excluding ortho intramolecular Hbond substituents is 1. The van der Waals surface area contributed by atoms with Crippen LogP contribution in [-0.2, 0) is 0 Å². The second kappa shape index (κ2) is 9.45. The van der Waals surface area contributed by atoms with Crippen LogP contribution in [0.5, 0.6) is 17.2 Å². The molecule has 1 aliphatic heterocycles. The maximum absolute atomic E-state index is 10.6. The maximum Gasteiger partial charge on any atom is 0.142 e.